The molecule has 1 aliphatic rings. The zero-order valence-corrected chi connectivity index (χ0v) is 14.9. The highest BCUT2D eigenvalue weighted by molar-refractivity contribution is 5.88. The number of ether oxygens (including phenoxy) is 2. The summed E-state index contributed by atoms with van der Waals surface area (Å²) in [4.78, 5) is 24.2. The van der Waals surface area contributed by atoms with Gasteiger partial charge in [0.05, 0.1) is 19.4 Å². The summed E-state index contributed by atoms with van der Waals surface area (Å²) in [6.07, 6.45) is 1.36. The largest absolute Gasteiger partial charge is 0.497 e. The van der Waals surface area contributed by atoms with Crippen molar-refractivity contribution in [2.75, 3.05) is 50.2 Å². The molecule has 1 saturated heterocycles. The molecule has 0 aliphatic carbocycles. The van der Waals surface area contributed by atoms with Crippen LogP contribution in [-0.2, 0) is 11.3 Å². The van der Waals surface area contributed by atoms with Gasteiger partial charge in [0, 0.05) is 45.2 Å². The number of benzene rings is 1. The highest BCUT2D eigenvalue weighted by atomic mass is 16.5. The molecule has 2 heterocycles. The summed E-state index contributed by atoms with van der Waals surface area (Å²) >= 11 is 0. The zero-order chi connectivity index (χ0) is 18.5. The second-order valence-electron chi connectivity index (χ2n) is 5.94. The molecule has 0 unspecified atom stereocenters. The van der Waals surface area contributed by atoms with Gasteiger partial charge in [-0.2, -0.15) is 0 Å². The third kappa shape index (κ3) is 3.85. The van der Waals surface area contributed by atoms with E-state index >= 15 is 0 Å². The van der Waals surface area contributed by atoms with Crippen LogP contribution >= 0.6 is 0 Å². The Morgan fingerprint density at radius 1 is 1.12 bits per heavy atom. The molecule has 1 fully saturated rings. The summed E-state index contributed by atoms with van der Waals surface area (Å²) in [5, 5.41) is 9.23. The molecule has 26 heavy (non-hydrogen) atoms. The zero-order valence-electron chi connectivity index (χ0n) is 14.9. The Hall–Kier alpha value is -2.87. The van der Waals surface area contributed by atoms with E-state index in [1.165, 1.54) is 13.3 Å². The number of carboxylic acid groups (broad SMARTS) is 1. The first kappa shape index (κ1) is 17.9. The van der Waals surface area contributed by atoms with Crippen molar-refractivity contribution in [1.29, 1.82) is 0 Å². The van der Waals surface area contributed by atoms with Crippen molar-refractivity contribution in [2.45, 2.75) is 6.61 Å². The van der Waals surface area contributed by atoms with Crippen molar-refractivity contribution in [3.05, 3.63) is 41.7 Å². The lowest BCUT2D eigenvalue weighted by Crippen LogP contribution is -2.47. The maximum Gasteiger partial charge on any atom is 0.339 e. The summed E-state index contributed by atoms with van der Waals surface area (Å²) in [7, 11) is 3.17. The molecule has 1 aromatic heterocycles. The number of aromatic carboxylic acids is 1. The molecule has 1 aliphatic heterocycles. The maximum atomic E-state index is 11.3. The number of rotatable bonds is 6. The molecular weight excluding hydrogens is 336 g/mol. The van der Waals surface area contributed by atoms with Gasteiger partial charge in [0.2, 0.25) is 5.95 Å². The molecule has 0 spiro atoms. The average molecular weight is 358 g/mol. The molecule has 0 amide bonds. The predicted molar refractivity (Wildman–Crippen MR) is 97.1 cm³/mol. The SMILES string of the molecule is COCc1nc(N2CCN(c3ccc(OC)cc3)CC2)ncc1C(=O)O. The minimum Gasteiger partial charge on any atom is -0.497 e. The number of carbonyl (C=O) groups is 1. The van der Waals surface area contributed by atoms with Gasteiger partial charge >= 0.3 is 5.97 Å². The van der Waals surface area contributed by atoms with Crippen molar-refractivity contribution < 1.29 is 19.4 Å². The minimum atomic E-state index is -1.05. The number of aromatic nitrogens is 2. The van der Waals surface area contributed by atoms with Gasteiger partial charge in [-0.25, -0.2) is 14.8 Å². The fourth-order valence-electron chi connectivity index (χ4n) is 2.94. The summed E-state index contributed by atoms with van der Waals surface area (Å²) < 4.78 is 10.3. The van der Waals surface area contributed by atoms with E-state index in [1.807, 2.05) is 24.3 Å². The third-order valence-electron chi connectivity index (χ3n) is 4.37. The molecule has 3 rings (SSSR count). The molecule has 2 aromatic rings. The first-order valence-corrected chi connectivity index (χ1v) is 8.34. The number of methoxy groups -OCH3 is 2. The normalized spacial score (nSPS) is 14.4. The smallest absolute Gasteiger partial charge is 0.339 e. The number of carboxylic acids is 1. The summed E-state index contributed by atoms with van der Waals surface area (Å²) in [6.45, 7) is 3.31. The Balaban J connectivity index is 1.69. The van der Waals surface area contributed by atoms with Crippen LogP contribution in [0, 0.1) is 0 Å². The van der Waals surface area contributed by atoms with Gasteiger partial charge in [0.1, 0.15) is 11.3 Å². The highest BCUT2D eigenvalue weighted by Gasteiger charge is 2.21. The van der Waals surface area contributed by atoms with Crippen molar-refractivity contribution in [3.8, 4) is 5.75 Å². The lowest BCUT2D eigenvalue weighted by Gasteiger charge is -2.36. The van der Waals surface area contributed by atoms with Gasteiger partial charge in [-0.1, -0.05) is 0 Å². The van der Waals surface area contributed by atoms with E-state index in [9.17, 15) is 9.90 Å². The fraction of sp³-hybridized carbons (Fsp3) is 0.389. The van der Waals surface area contributed by atoms with Gasteiger partial charge in [-0.3, -0.25) is 0 Å². The Kier molecular flexibility index (Phi) is 5.52. The van der Waals surface area contributed by atoms with E-state index < -0.39 is 5.97 Å². The molecule has 8 nitrogen and oxygen atoms in total. The number of piperazine rings is 1. The van der Waals surface area contributed by atoms with Crippen LogP contribution in [0.2, 0.25) is 0 Å². The maximum absolute atomic E-state index is 11.3. The lowest BCUT2D eigenvalue weighted by molar-refractivity contribution is 0.0690. The van der Waals surface area contributed by atoms with Crippen LogP contribution < -0.4 is 14.5 Å². The van der Waals surface area contributed by atoms with E-state index in [1.54, 1.807) is 7.11 Å². The molecule has 1 aromatic carbocycles. The van der Waals surface area contributed by atoms with Crippen molar-refractivity contribution in [3.63, 3.8) is 0 Å². The number of anilines is 2. The number of hydrogen-bond acceptors (Lipinski definition) is 7. The van der Waals surface area contributed by atoms with Crippen LogP contribution in [0.1, 0.15) is 16.1 Å². The van der Waals surface area contributed by atoms with Crippen molar-refractivity contribution in [1.82, 2.24) is 9.97 Å². The van der Waals surface area contributed by atoms with Gasteiger partial charge in [0.15, 0.2) is 0 Å². The van der Waals surface area contributed by atoms with E-state index in [0.717, 1.165) is 37.6 Å². The minimum absolute atomic E-state index is 0.0764. The number of hydrogen-bond donors (Lipinski definition) is 1. The Morgan fingerprint density at radius 2 is 1.77 bits per heavy atom. The van der Waals surface area contributed by atoms with Gasteiger partial charge in [-0.05, 0) is 24.3 Å². The van der Waals surface area contributed by atoms with Crippen LogP contribution in [0.4, 0.5) is 11.6 Å². The standard InChI is InChI=1S/C18H22N4O4/c1-25-12-16-15(17(23)24)11-19-18(20-16)22-9-7-21(8-10-22)13-3-5-14(26-2)6-4-13/h3-6,11H,7-10,12H2,1-2H3,(H,23,24). The fourth-order valence-corrected chi connectivity index (χ4v) is 2.94. The van der Waals surface area contributed by atoms with E-state index in [2.05, 4.69) is 19.8 Å². The molecule has 0 radical (unpaired) electrons. The van der Waals surface area contributed by atoms with E-state index in [-0.39, 0.29) is 12.2 Å². The predicted octanol–water partition coefficient (Wildman–Crippen LogP) is 1.66. The molecule has 8 heteroatoms. The van der Waals surface area contributed by atoms with Crippen molar-refractivity contribution in [2.24, 2.45) is 0 Å². The molecule has 1 N–H and O–H groups in total. The average Bonchev–Trinajstić information content (AvgIpc) is 2.68. The van der Waals surface area contributed by atoms with Gasteiger partial charge < -0.3 is 24.4 Å². The lowest BCUT2D eigenvalue weighted by atomic mass is 10.2. The number of nitrogens with zero attached hydrogens (tertiary/aromatic N) is 4. The highest BCUT2D eigenvalue weighted by Crippen LogP contribution is 2.22. The van der Waals surface area contributed by atoms with Gasteiger partial charge in [-0.15, -0.1) is 0 Å². The molecule has 138 valence electrons. The van der Waals surface area contributed by atoms with Gasteiger partial charge in [0.25, 0.3) is 0 Å². The first-order chi connectivity index (χ1) is 12.6. The van der Waals surface area contributed by atoms with E-state index in [0.29, 0.717) is 11.6 Å². The monoisotopic (exact) mass is 358 g/mol. The van der Waals surface area contributed by atoms with Crippen LogP contribution in [-0.4, -0.2) is 61.4 Å². The first-order valence-electron chi connectivity index (χ1n) is 8.34. The van der Waals surface area contributed by atoms with Crippen LogP contribution in [0.3, 0.4) is 0 Å². The van der Waals surface area contributed by atoms with Crippen LogP contribution in [0.5, 0.6) is 5.75 Å². The Labute approximate surface area is 152 Å². The van der Waals surface area contributed by atoms with Crippen LogP contribution in [0.25, 0.3) is 0 Å². The Morgan fingerprint density at radius 3 is 2.35 bits per heavy atom. The quantitative estimate of drug-likeness (QED) is 0.834. The second-order valence-corrected chi connectivity index (χ2v) is 5.94. The third-order valence-corrected chi connectivity index (χ3v) is 4.37. The summed E-state index contributed by atoms with van der Waals surface area (Å²) in [5.41, 5.74) is 1.61. The summed E-state index contributed by atoms with van der Waals surface area (Å²) in [5.74, 6) is 0.328. The van der Waals surface area contributed by atoms with E-state index in [4.69, 9.17) is 9.47 Å². The topological polar surface area (TPSA) is 88.0 Å². The second kappa shape index (κ2) is 8.01. The molecular formula is C18H22N4O4. The molecule has 0 atom stereocenters. The van der Waals surface area contributed by atoms with Crippen molar-refractivity contribution >= 4 is 17.6 Å². The molecule has 0 bridgehead atoms. The van der Waals surface area contributed by atoms with Crippen LogP contribution in [0.15, 0.2) is 30.5 Å². The Bertz CT molecular complexity index is 758. The molecule has 0 saturated carbocycles. The summed E-state index contributed by atoms with van der Waals surface area (Å²) in [6, 6.07) is 7.99.